The largest absolute Gasteiger partial charge is 0.469 e. The molecule has 0 spiro atoms. The van der Waals surface area contributed by atoms with Crippen molar-refractivity contribution in [2.24, 2.45) is 0 Å². The van der Waals surface area contributed by atoms with Gasteiger partial charge in [0, 0.05) is 10.4 Å². The highest BCUT2D eigenvalue weighted by atomic mass is 35.5. The second-order valence-corrected chi connectivity index (χ2v) is 6.87. The van der Waals surface area contributed by atoms with Gasteiger partial charge in [0.1, 0.15) is 10.8 Å². The van der Waals surface area contributed by atoms with Crippen molar-refractivity contribution >= 4 is 34.3 Å². The molecule has 7 nitrogen and oxygen atoms in total. The minimum absolute atomic E-state index is 0.449. The molecule has 128 valence electrons. The Labute approximate surface area is 157 Å². The molecule has 3 heterocycles. The first-order valence-electron chi connectivity index (χ1n) is 7.50. The van der Waals surface area contributed by atoms with Crippen LogP contribution in [0.15, 0.2) is 51.2 Å². The van der Waals surface area contributed by atoms with Gasteiger partial charge in [-0.15, -0.1) is 10.2 Å². The fourth-order valence-corrected chi connectivity index (χ4v) is 3.51. The molecule has 0 saturated heterocycles. The van der Waals surface area contributed by atoms with E-state index < -0.39 is 0 Å². The van der Waals surface area contributed by atoms with Crippen molar-refractivity contribution < 1.29 is 4.42 Å². The predicted octanol–water partition coefficient (Wildman–Crippen LogP) is 3.78. The zero-order chi connectivity index (χ0) is 18.3. The van der Waals surface area contributed by atoms with Crippen LogP contribution in [0.4, 0.5) is 0 Å². The number of rotatable bonds is 3. The second-order valence-electron chi connectivity index (χ2n) is 5.45. The predicted molar refractivity (Wildman–Crippen MR) is 98.2 cm³/mol. The summed E-state index contributed by atoms with van der Waals surface area (Å²) in [7, 11) is 0. The Balaban J connectivity index is 1.75. The molecule has 1 aromatic carbocycles. The van der Waals surface area contributed by atoms with E-state index >= 15 is 0 Å². The highest BCUT2D eigenvalue weighted by Gasteiger charge is 2.17. The maximum atomic E-state index is 9.43. The fourth-order valence-electron chi connectivity index (χ4n) is 2.56. The van der Waals surface area contributed by atoms with Crippen LogP contribution < -0.4 is 5.84 Å². The lowest BCUT2D eigenvalue weighted by molar-refractivity contribution is 0.535. The number of nitrogen functional groups attached to an aromatic ring is 1. The van der Waals surface area contributed by atoms with E-state index in [2.05, 4.69) is 21.3 Å². The summed E-state index contributed by atoms with van der Waals surface area (Å²) in [6.45, 7) is 1.83. The van der Waals surface area contributed by atoms with Gasteiger partial charge in [-0.3, -0.25) is 0 Å². The molecule has 3 aromatic heterocycles. The van der Waals surface area contributed by atoms with Gasteiger partial charge in [-0.1, -0.05) is 11.6 Å². The van der Waals surface area contributed by atoms with Gasteiger partial charge in [0.25, 0.3) is 0 Å². The van der Waals surface area contributed by atoms with Gasteiger partial charge in [0.2, 0.25) is 5.16 Å². The Kier molecular flexibility index (Phi) is 4.03. The molecule has 9 heteroatoms. The smallest absolute Gasteiger partial charge is 0.216 e. The van der Waals surface area contributed by atoms with Crippen molar-refractivity contribution in [3.63, 3.8) is 0 Å². The highest BCUT2D eigenvalue weighted by Crippen LogP contribution is 2.31. The van der Waals surface area contributed by atoms with Gasteiger partial charge in [-0.2, -0.15) is 5.26 Å². The molecule has 0 unspecified atom stereocenters. The van der Waals surface area contributed by atoms with Gasteiger partial charge in [0.15, 0.2) is 5.82 Å². The monoisotopic (exact) mass is 382 g/mol. The maximum absolute atomic E-state index is 9.43. The van der Waals surface area contributed by atoms with E-state index in [9.17, 15) is 5.26 Å². The van der Waals surface area contributed by atoms with E-state index in [1.54, 1.807) is 36.6 Å². The zero-order valence-electron chi connectivity index (χ0n) is 13.5. The minimum atomic E-state index is 0.449. The molecule has 0 radical (unpaired) electrons. The minimum Gasteiger partial charge on any atom is -0.469 e. The summed E-state index contributed by atoms with van der Waals surface area (Å²) in [5, 5.41) is 20.0. The molecule has 26 heavy (non-hydrogen) atoms. The first kappa shape index (κ1) is 16.4. The molecule has 0 bridgehead atoms. The van der Waals surface area contributed by atoms with E-state index in [1.807, 2.05) is 6.92 Å². The van der Waals surface area contributed by atoms with Crippen LogP contribution in [0.5, 0.6) is 0 Å². The summed E-state index contributed by atoms with van der Waals surface area (Å²) in [5.74, 6) is 7.33. The molecule has 2 N–H and O–H groups in total. The Hall–Kier alpha value is -3.02. The lowest BCUT2D eigenvalue weighted by Gasteiger charge is -2.06. The molecule has 0 fully saturated rings. The number of furan rings is 1. The van der Waals surface area contributed by atoms with Crippen LogP contribution in [0.1, 0.15) is 11.3 Å². The summed E-state index contributed by atoms with van der Waals surface area (Å²) in [5.41, 5.74) is 1.92. The molecule has 0 aliphatic rings. The van der Waals surface area contributed by atoms with E-state index in [0.29, 0.717) is 43.3 Å². The number of benzene rings is 1. The van der Waals surface area contributed by atoms with Crippen LogP contribution >= 0.6 is 23.4 Å². The van der Waals surface area contributed by atoms with E-state index in [1.165, 1.54) is 16.4 Å². The van der Waals surface area contributed by atoms with E-state index in [-0.39, 0.29) is 0 Å². The molecular weight excluding hydrogens is 372 g/mol. The van der Waals surface area contributed by atoms with Gasteiger partial charge < -0.3 is 10.3 Å². The van der Waals surface area contributed by atoms with Crippen LogP contribution in [-0.4, -0.2) is 19.9 Å². The van der Waals surface area contributed by atoms with Gasteiger partial charge in [-0.25, -0.2) is 9.66 Å². The number of fused-ring (bicyclic) bond motifs is 1. The van der Waals surface area contributed by atoms with E-state index in [4.69, 9.17) is 21.9 Å². The zero-order valence-corrected chi connectivity index (χ0v) is 15.0. The molecule has 0 atom stereocenters. The molecule has 4 aromatic rings. The van der Waals surface area contributed by atoms with Crippen LogP contribution in [0.2, 0.25) is 5.02 Å². The number of pyridine rings is 1. The average Bonchev–Trinajstić information content (AvgIpc) is 3.20. The standard InChI is InChI=1S/C17H11ClN6OS/c1-9-12(4-5-25-9)16-22-23-17(24(16)20)26-15-6-10(8-19)13-7-11(18)2-3-14(13)21-15/h2-7H,20H2,1H3. The Morgan fingerprint density at radius 1 is 1.27 bits per heavy atom. The number of hydrogen-bond acceptors (Lipinski definition) is 7. The number of nitrogens with two attached hydrogens (primary N) is 1. The van der Waals surface area contributed by atoms with Gasteiger partial charge in [-0.05, 0) is 49.0 Å². The fraction of sp³-hybridized carbons (Fsp3) is 0.0588. The van der Waals surface area contributed by atoms with E-state index in [0.717, 1.165) is 5.56 Å². The number of halogens is 1. The number of nitrogens with zero attached hydrogens (tertiary/aromatic N) is 5. The SMILES string of the molecule is Cc1occc1-c1nnc(Sc2cc(C#N)c3cc(Cl)ccc3n2)n1N. The van der Waals surface area contributed by atoms with Crippen LogP contribution in [0.25, 0.3) is 22.3 Å². The quantitative estimate of drug-likeness (QED) is 0.537. The summed E-state index contributed by atoms with van der Waals surface area (Å²) < 4.78 is 6.66. The normalized spacial score (nSPS) is 11.0. The lowest BCUT2D eigenvalue weighted by atomic mass is 10.1. The van der Waals surface area contributed by atoms with Crippen LogP contribution in [-0.2, 0) is 0 Å². The summed E-state index contributed by atoms with van der Waals surface area (Å²) in [6.07, 6.45) is 1.57. The molecule has 0 aliphatic heterocycles. The number of hydrogen-bond donors (Lipinski definition) is 1. The third kappa shape index (κ3) is 2.77. The third-order valence-corrected chi connectivity index (χ3v) is 4.94. The molecule has 0 aliphatic carbocycles. The molecule has 0 amide bonds. The molecule has 0 saturated carbocycles. The number of aryl methyl sites for hydroxylation is 1. The average molecular weight is 383 g/mol. The Bertz CT molecular complexity index is 1180. The van der Waals surface area contributed by atoms with Crippen LogP contribution in [0, 0.1) is 18.3 Å². The number of nitriles is 1. The van der Waals surface area contributed by atoms with Crippen molar-refractivity contribution in [3.05, 3.63) is 52.9 Å². The highest BCUT2D eigenvalue weighted by molar-refractivity contribution is 7.99. The number of aromatic nitrogens is 4. The first-order chi connectivity index (χ1) is 12.6. The first-order valence-corrected chi connectivity index (χ1v) is 8.69. The van der Waals surface area contributed by atoms with Crippen molar-refractivity contribution in [2.75, 3.05) is 5.84 Å². The van der Waals surface area contributed by atoms with Crippen molar-refractivity contribution in [1.29, 1.82) is 5.26 Å². The molecular formula is C17H11ClN6OS. The van der Waals surface area contributed by atoms with Crippen molar-refractivity contribution in [3.8, 4) is 17.5 Å². The summed E-state index contributed by atoms with van der Waals surface area (Å²) in [6, 6.07) is 10.9. The summed E-state index contributed by atoms with van der Waals surface area (Å²) in [4.78, 5) is 4.55. The van der Waals surface area contributed by atoms with Crippen LogP contribution in [0.3, 0.4) is 0 Å². The van der Waals surface area contributed by atoms with Crippen molar-refractivity contribution in [1.82, 2.24) is 19.9 Å². The van der Waals surface area contributed by atoms with Crippen molar-refractivity contribution in [2.45, 2.75) is 17.1 Å². The van der Waals surface area contributed by atoms with Gasteiger partial charge >= 0.3 is 0 Å². The lowest BCUT2D eigenvalue weighted by Crippen LogP contribution is -2.11. The summed E-state index contributed by atoms with van der Waals surface area (Å²) >= 11 is 7.24. The maximum Gasteiger partial charge on any atom is 0.216 e. The topological polar surface area (TPSA) is 107 Å². The molecule has 4 rings (SSSR count). The third-order valence-electron chi connectivity index (χ3n) is 3.83. The van der Waals surface area contributed by atoms with Gasteiger partial charge in [0.05, 0.1) is 29.0 Å². The Morgan fingerprint density at radius 2 is 2.12 bits per heavy atom. The Morgan fingerprint density at radius 3 is 2.85 bits per heavy atom. The second kappa shape index (κ2) is 6.37.